The molecule has 0 atom stereocenters. The highest BCUT2D eigenvalue weighted by atomic mass is 16.1. The Balaban J connectivity index is 3.14. The van der Waals surface area contributed by atoms with E-state index in [1.54, 1.807) is 0 Å². The first-order valence-electron chi connectivity index (χ1n) is 5.69. The Morgan fingerprint density at radius 2 is 1.87 bits per heavy atom. The van der Waals surface area contributed by atoms with Crippen molar-refractivity contribution in [1.29, 1.82) is 0 Å². The van der Waals surface area contributed by atoms with Crippen molar-refractivity contribution < 1.29 is 0 Å². The fourth-order valence-electron chi connectivity index (χ4n) is 1.67. The average Bonchev–Trinajstić information content (AvgIpc) is 2.19. The number of aromatic amines is 1. The largest absolute Gasteiger partial charge is 0.323 e. The van der Waals surface area contributed by atoms with Gasteiger partial charge in [-0.2, -0.15) is 0 Å². The van der Waals surface area contributed by atoms with Gasteiger partial charge in [0.15, 0.2) is 0 Å². The lowest BCUT2D eigenvalue weighted by atomic mass is 10.1. The monoisotopic (exact) mass is 208 g/mol. The summed E-state index contributed by atoms with van der Waals surface area (Å²) in [7, 11) is 0. The molecular formula is C12H20N2O. The molecule has 1 N–H and O–H groups in total. The maximum absolute atomic E-state index is 11.7. The van der Waals surface area contributed by atoms with Crippen LogP contribution >= 0.6 is 0 Å². The molecule has 0 aliphatic heterocycles. The maximum Gasteiger partial charge on any atom is 0.269 e. The van der Waals surface area contributed by atoms with Crippen molar-refractivity contribution in [3.05, 3.63) is 27.4 Å². The van der Waals surface area contributed by atoms with E-state index in [1.807, 2.05) is 6.92 Å². The topological polar surface area (TPSA) is 45.8 Å². The lowest BCUT2D eigenvalue weighted by molar-refractivity contribution is 0.623. The van der Waals surface area contributed by atoms with Gasteiger partial charge in [0.2, 0.25) is 0 Å². The number of aryl methyl sites for hydroxylation is 2. The summed E-state index contributed by atoms with van der Waals surface area (Å²) < 4.78 is 0. The Hall–Kier alpha value is -1.12. The molecule has 84 valence electrons. The summed E-state index contributed by atoms with van der Waals surface area (Å²) >= 11 is 0. The van der Waals surface area contributed by atoms with Crippen LogP contribution in [0.2, 0.25) is 0 Å². The molecule has 3 nitrogen and oxygen atoms in total. The van der Waals surface area contributed by atoms with Crippen LogP contribution in [0.25, 0.3) is 0 Å². The zero-order valence-corrected chi connectivity index (χ0v) is 10.1. The summed E-state index contributed by atoms with van der Waals surface area (Å²) in [6.45, 7) is 8.30. The highest BCUT2D eigenvalue weighted by Crippen LogP contribution is 2.06. The van der Waals surface area contributed by atoms with Crippen LogP contribution < -0.4 is 5.56 Å². The minimum absolute atomic E-state index is 0.0160. The molecule has 15 heavy (non-hydrogen) atoms. The van der Waals surface area contributed by atoms with Crippen LogP contribution in [0.3, 0.4) is 0 Å². The third kappa shape index (κ3) is 2.91. The molecule has 0 amide bonds. The Morgan fingerprint density at radius 3 is 2.33 bits per heavy atom. The average molecular weight is 208 g/mol. The van der Waals surface area contributed by atoms with Crippen LogP contribution in [0.15, 0.2) is 4.79 Å². The van der Waals surface area contributed by atoms with Gasteiger partial charge in [-0.05, 0) is 25.2 Å². The van der Waals surface area contributed by atoms with E-state index in [2.05, 4.69) is 30.7 Å². The molecule has 0 saturated carbocycles. The molecule has 1 aromatic rings. The second kappa shape index (κ2) is 5.10. The Labute approximate surface area is 91.0 Å². The third-order valence-electron chi connectivity index (χ3n) is 2.43. The molecule has 0 spiro atoms. The zero-order chi connectivity index (χ0) is 11.4. The van der Waals surface area contributed by atoms with Crippen molar-refractivity contribution in [1.82, 2.24) is 9.97 Å². The Morgan fingerprint density at radius 1 is 1.20 bits per heavy atom. The fourth-order valence-corrected chi connectivity index (χ4v) is 1.67. The van der Waals surface area contributed by atoms with Gasteiger partial charge in [0.1, 0.15) is 5.69 Å². The predicted molar refractivity (Wildman–Crippen MR) is 62.2 cm³/mol. The third-order valence-corrected chi connectivity index (χ3v) is 2.43. The number of hydrogen-bond donors (Lipinski definition) is 1. The predicted octanol–water partition coefficient (Wildman–Crippen LogP) is 2.09. The Bertz CT molecular complexity index is 380. The molecular weight excluding hydrogens is 188 g/mol. The van der Waals surface area contributed by atoms with Crippen molar-refractivity contribution >= 4 is 0 Å². The quantitative estimate of drug-likeness (QED) is 0.823. The molecule has 3 heteroatoms. The second-order valence-electron chi connectivity index (χ2n) is 4.24. The maximum atomic E-state index is 11.7. The molecule has 0 fully saturated rings. The van der Waals surface area contributed by atoms with Gasteiger partial charge < -0.3 is 4.98 Å². The molecule has 0 radical (unpaired) electrons. The first kappa shape index (κ1) is 12.0. The summed E-state index contributed by atoms with van der Waals surface area (Å²) in [5, 5.41) is 0. The minimum Gasteiger partial charge on any atom is -0.323 e. The molecule has 1 heterocycles. The smallest absolute Gasteiger partial charge is 0.269 e. The Kier molecular flexibility index (Phi) is 4.06. The lowest BCUT2D eigenvalue weighted by Gasteiger charge is -2.08. The van der Waals surface area contributed by atoms with Gasteiger partial charge in [0.05, 0.1) is 5.69 Å². The lowest BCUT2D eigenvalue weighted by Crippen LogP contribution is -2.21. The van der Waals surface area contributed by atoms with Crippen molar-refractivity contribution in [2.45, 2.75) is 47.0 Å². The molecule has 0 aliphatic rings. The molecule has 0 aliphatic carbocycles. The van der Waals surface area contributed by atoms with Crippen LogP contribution in [0.5, 0.6) is 0 Å². The van der Waals surface area contributed by atoms with Crippen LogP contribution in [0.4, 0.5) is 0 Å². The van der Waals surface area contributed by atoms with E-state index in [9.17, 15) is 4.79 Å². The van der Waals surface area contributed by atoms with Gasteiger partial charge in [-0.1, -0.05) is 27.7 Å². The highest BCUT2D eigenvalue weighted by Gasteiger charge is 2.09. The number of aromatic nitrogens is 2. The fraction of sp³-hybridized carbons (Fsp3) is 0.667. The van der Waals surface area contributed by atoms with E-state index >= 15 is 0 Å². The van der Waals surface area contributed by atoms with Crippen LogP contribution in [-0.2, 0) is 19.3 Å². The van der Waals surface area contributed by atoms with Gasteiger partial charge in [-0.15, -0.1) is 0 Å². The van der Waals surface area contributed by atoms with Gasteiger partial charge in [-0.3, -0.25) is 9.78 Å². The van der Waals surface area contributed by atoms with E-state index in [0.717, 1.165) is 30.7 Å². The molecule has 0 saturated heterocycles. The minimum atomic E-state index is -0.0160. The van der Waals surface area contributed by atoms with Gasteiger partial charge in [0, 0.05) is 5.69 Å². The standard InChI is InChI=1S/C12H20N2O/c1-5-9-10(6-2)14-12(15)11(13-9)7-8(3)4/h8H,5-7H2,1-4H3,(H,14,15). The molecule has 1 rings (SSSR count). The van der Waals surface area contributed by atoms with E-state index < -0.39 is 0 Å². The number of nitrogens with zero attached hydrogens (tertiary/aromatic N) is 1. The van der Waals surface area contributed by atoms with E-state index in [1.165, 1.54) is 0 Å². The number of rotatable bonds is 4. The number of nitrogens with one attached hydrogen (secondary N) is 1. The van der Waals surface area contributed by atoms with Crippen molar-refractivity contribution in [3.8, 4) is 0 Å². The van der Waals surface area contributed by atoms with Crippen molar-refractivity contribution in [2.75, 3.05) is 0 Å². The second-order valence-corrected chi connectivity index (χ2v) is 4.24. The SMILES string of the molecule is CCc1nc(CC(C)C)c(=O)[nH]c1CC. The summed E-state index contributed by atoms with van der Waals surface area (Å²) in [5.74, 6) is 0.468. The molecule has 0 aromatic carbocycles. The van der Waals surface area contributed by atoms with Crippen LogP contribution in [0.1, 0.15) is 44.8 Å². The van der Waals surface area contributed by atoms with E-state index in [0.29, 0.717) is 11.6 Å². The van der Waals surface area contributed by atoms with Gasteiger partial charge >= 0.3 is 0 Å². The molecule has 0 unspecified atom stereocenters. The van der Waals surface area contributed by atoms with Gasteiger partial charge in [0.25, 0.3) is 5.56 Å². The van der Waals surface area contributed by atoms with E-state index in [-0.39, 0.29) is 5.56 Å². The summed E-state index contributed by atoms with van der Waals surface area (Å²) in [4.78, 5) is 19.1. The highest BCUT2D eigenvalue weighted by molar-refractivity contribution is 5.14. The van der Waals surface area contributed by atoms with Crippen molar-refractivity contribution in [3.63, 3.8) is 0 Å². The zero-order valence-electron chi connectivity index (χ0n) is 10.1. The number of H-pyrrole nitrogens is 1. The normalized spacial score (nSPS) is 11.0. The van der Waals surface area contributed by atoms with Crippen LogP contribution in [0, 0.1) is 5.92 Å². The van der Waals surface area contributed by atoms with Gasteiger partial charge in [-0.25, -0.2) is 0 Å². The summed E-state index contributed by atoms with van der Waals surface area (Å²) in [6, 6.07) is 0. The van der Waals surface area contributed by atoms with Crippen LogP contribution in [-0.4, -0.2) is 9.97 Å². The summed E-state index contributed by atoms with van der Waals surface area (Å²) in [5.41, 5.74) is 2.68. The first-order valence-corrected chi connectivity index (χ1v) is 5.69. The molecule has 0 bridgehead atoms. The first-order chi connectivity index (χ1) is 7.08. The van der Waals surface area contributed by atoms with E-state index in [4.69, 9.17) is 0 Å². The molecule has 1 aromatic heterocycles. The van der Waals surface area contributed by atoms with Crippen molar-refractivity contribution in [2.24, 2.45) is 5.92 Å². The number of hydrogen-bond acceptors (Lipinski definition) is 2. The summed E-state index contributed by atoms with van der Waals surface area (Å²) in [6.07, 6.45) is 2.48.